The lowest BCUT2D eigenvalue weighted by molar-refractivity contribution is -0.132. The number of nitrogens with zero attached hydrogens (tertiary/aromatic N) is 2. The second-order valence-electron chi connectivity index (χ2n) is 10.6. The number of nitrogens with one attached hydrogen (secondary N) is 1. The first-order chi connectivity index (χ1) is 19.2. The van der Waals surface area contributed by atoms with Crippen LogP contribution in [0.3, 0.4) is 0 Å². The predicted octanol–water partition coefficient (Wildman–Crippen LogP) is 3.80. The van der Waals surface area contributed by atoms with Gasteiger partial charge in [-0.25, -0.2) is 0 Å². The van der Waals surface area contributed by atoms with E-state index >= 15 is 0 Å². The molecule has 1 aromatic carbocycles. The first-order valence-electron chi connectivity index (χ1n) is 14.1. The normalized spacial score (nSPS) is 18.3. The van der Waals surface area contributed by atoms with E-state index < -0.39 is 23.3 Å². The molecular formula is C32H44N4O4. The fraction of sp³-hybridized carbons (Fsp3) is 0.469. The summed E-state index contributed by atoms with van der Waals surface area (Å²) in [7, 11) is 1.62. The van der Waals surface area contributed by atoms with Crippen LogP contribution in [0.5, 0.6) is 5.75 Å². The van der Waals surface area contributed by atoms with Crippen LogP contribution >= 0.6 is 0 Å². The zero-order valence-electron chi connectivity index (χ0n) is 24.2. The molecule has 1 aliphatic rings. The molecule has 1 unspecified atom stereocenters. The Labute approximate surface area is 238 Å². The molecule has 216 valence electrons. The van der Waals surface area contributed by atoms with Gasteiger partial charge in [-0.05, 0) is 62.4 Å². The zero-order chi connectivity index (χ0) is 29.1. The summed E-state index contributed by atoms with van der Waals surface area (Å²) in [5.74, 6) is -0.498. The standard InChI is InChI=1S/C32H44N4O4/c1-5-14-36(15-6-2)30(38)25-16-23(3)19-32(20-25,31(33)39)28(18-26-11-7-8-13-35-26)29(37)22-34-21-24-10-9-12-27(17-24)40-4/h7-13,16-17,19,28-29,34,37H,5-6,14-15,18,20-22H2,1-4H3,(H2,33,39)/t28-,29+,32?/m1/s1. The van der Waals surface area contributed by atoms with Gasteiger partial charge >= 0.3 is 0 Å². The van der Waals surface area contributed by atoms with Gasteiger partial charge in [0.25, 0.3) is 0 Å². The van der Waals surface area contributed by atoms with Crippen LogP contribution in [-0.2, 0) is 22.6 Å². The number of hydrogen-bond donors (Lipinski definition) is 3. The number of methoxy groups -OCH3 is 1. The smallest absolute Gasteiger partial charge is 0.249 e. The molecule has 1 aliphatic carbocycles. The van der Waals surface area contributed by atoms with Gasteiger partial charge in [-0.1, -0.05) is 49.8 Å². The van der Waals surface area contributed by atoms with Crippen molar-refractivity contribution >= 4 is 11.8 Å². The van der Waals surface area contributed by atoms with Crippen molar-refractivity contribution in [2.45, 2.75) is 59.1 Å². The molecule has 4 N–H and O–H groups in total. The van der Waals surface area contributed by atoms with E-state index in [0.717, 1.165) is 35.4 Å². The Bertz CT molecular complexity index is 1190. The molecule has 8 heteroatoms. The Morgan fingerprint density at radius 2 is 1.93 bits per heavy atom. The maximum atomic E-state index is 13.6. The lowest BCUT2D eigenvalue weighted by Crippen LogP contribution is -2.51. The van der Waals surface area contributed by atoms with Crippen LogP contribution in [0.4, 0.5) is 0 Å². The molecule has 0 saturated heterocycles. The van der Waals surface area contributed by atoms with Crippen LogP contribution in [0.2, 0.25) is 0 Å². The van der Waals surface area contributed by atoms with Gasteiger partial charge in [0.05, 0.1) is 18.6 Å². The lowest BCUT2D eigenvalue weighted by Gasteiger charge is -2.41. The SMILES string of the molecule is CCCN(CCC)C(=O)C1=CC(C)=CC(C(N)=O)([C@H](Cc2ccccn2)[C@@H](O)CNCc2cccc(OC)c2)C1. The van der Waals surface area contributed by atoms with Crippen LogP contribution < -0.4 is 15.8 Å². The summed E-state index contributed by atoms with van der Waals surface area (Å²) in [5.41, 5.74) is 7.98. The summed E-state index contributed by atoms with van der Waals surface area (Å²) in [6.07, 6.45) is 6.59. The van der Waals surface area contributed by atoms with Gasteiger partial charge in [0.2, 0.25) is 11.8 Å². The van der Waals surface area contributed by atoms with E-state index in [1.165, 1.54) is 0 Å². The lowest BCUT2D eigenvalue weighted by atomic mass is 9.63. The Morgan fingerprint density at radius 1 is 1.18 bits per heavy atom. The minimum absolute atomic E-state index is 0.0796. The van der Waals surface area contributed by atoms with E-state index in [2.05, 4.69) is 10.3 Å². The van der Waals surface area contributed by atoms with Crippen molar-refractivity contribution in [2.24, 2.45) is 17.1 Å². The monoisotopic (exact) mass is 548 g/mol. The summed E-state index contributed by atoms with van der Waals surface area (Å²) in [6.45, 7) is 7.98. The fourth-order valence-electron chi connectivity index (χ4n) is 5.61. The number of carbonyl (C=O) groups excluding carboxylic acids is 2. The molecule has 0 fully saturated rings. The van der Waals surface area contributed by atoms with E-state index in [1.807, 2.05) is 80.3 Å². The number of ether oxygens (including phenoxy) is 1. The number of aliphatic hydroxyl groups is 1. The van der Waals surface area contributed by atoms with Gasteiger partial charge in [-0.3, -0.25) is 14.6 Å². The van der Waals surface area contributed by atoms with Crippen LogP contribution in [0.1, 0.15) is 51.3 Å². The minimum atomic E-state index is -1.26. The van der Waals surface area contributed by atoms with Gasteiger partial charge in [-0.2, -0.15) is 0 Å². The number of amides is 2. The van der Waals surface area contributed by atoms with Crippen molar-refractivity contribution in [3.05, 3.63) is 83.2 Å². The van der Waals surface area contributed by atoms with Gasteiger partial charge in [0.15, 0.2) is 0 Å². The summed E-state index contributed by atoms with van der Waals surface area (Å²) < 4.78 is 5.31. The third-order valence-corrected chi connectivity index (χ3v) is 7.48. The molecule has 2 aromatic rings. The van der Waals surface area contributed by atoms with Crippen LogP contribution in [-0.4, -0.2) is 59.7 Å². The van der Waals surface area contributed by atoms with Gasteiger partial charge in [0.1, 0.15) is 5.75 Å². The first kappa shape index (κ1) is 31.0. The maximum Gasteiger partial charge on any atom is 0.249 e. The third-order valence-electron chi connectivity index (χ3n) is 7.48. The molecule has 3 rings (SSSR count). The molecule has 0 bridgehead atoms. The molecule has 1 aromatic heterocycles. The van der Waals surface area contributed by atoms with E-state index in [-0.39, 0.29) is 18.9 Å². The van der Waals surface area contributed by atoms with E-state index in [0.29, 0.717) is 31.6 Å². The van der Waals surface area contributed by atoms with Crippen LogP contribution in [0.25, 0.3) is 0 Å². The summed E-state index contributed by atoms with van der Waals surface area (Å²) in [4.78, 5) is 33.3. The van der Waals surface area contributed by atoms with E-state index in [4.69, 9.17) is 10.5 Å². The number of aliphatic hydroxyl groups excluding tert-OH is 1. The van der Waals surface area contributed by atoms with Crippen molar-refractivity contribution in [2.75, 3.05) is 26.7 Å². The summed E-state index contributed by atoms with van der Waals surface area (Å²) >= 11 is 0. The summed E-state index contributed by atoms with van der Waals surface area (Å²) in [6, 6.07) is 13.3. The zero-order valence-corrected chi connectivity index (χ0v) is 24.2. The molecule has 1 heterocycles. The fourth-order valence-corrected chi connectivity index (χ4v) is 5.61. The largest absolute Gasteiger partial charge is 0.497 e. The highest BCUT2D eigenvalue weighted by Gasteiger charge is 2.48. The number of hydrogen-bond acceptors (Lipinski definition) is 6. The molecule has 3 atom stereocenters. The Morgan fingerprint density at radius 3 is 2.55 bits per heavy atom. The van der Waals surface area contributed by atoms with Crippen molar-refractivity contribution in [1.29, 1.82) is 0 Å². The number of benzene rings is 1. The van der Waals surface area contributed by atoms with E-state index in [1.54, 1.807) is 13.3 Å². The molecule has 0 radical (unpaired) electrons. The van der Waals surface area contributed by atoms with Crippen LogP contribution in [0, 0.1) is 11.3 Å². The van der Waals surface area contributed by atoms with Crippen molar-refractivity contribution in [3.8, 4) is 5.75 Å². The van der Waals surface area contributed by atoms with Crippen molar-refractivity contribution in [1.82, 2.24) is 15.2 Å². The predicted molar refractivity (Wildman–Crippen MR) is 157 cm³/mol. The number of aromatic nitrogens is 1. The topological polar surface area (TPSA) is 118 Å². The average molecular weight is 549 g/mol. The number of rotatable bonds is 15. The van der Waals surface area contributed by atoms with Gasteiger partial charge in [-0.15, -0.1) is 0 Å². The molecule has 0 aliphatic heterocycles. The van der Waals surface area contributed by atoms with Gasteiger partial charge in [0, 0.05) is 49.6 Å². The number of nitrogens with two attached hydrogens (primary N) is 1. The van der Waals surface area contributed by atoms with Crippen LogP contribution in [0.15, 0.2) is 72.0 Å². The molecule has 40 heavy (non-hydrogen) atoms. The third kappa shape index (κ3) is 7.79. The quantitative estimate of drug-likeness (QED) is 0.312. The number of primary amides is 1. The summed E-state index contributed by atoms with van der Waals surface area (Å²) in [5, 5.41) is 15.0. The van der Waals surface area contributed by atoms with Crippen molar-refractivity contribution in [3.63, 3.8) is 0 Å². The highest BCUT2D eigenvalue weighted by molar-refractivity contribution is 5.96. The second-order valence-corrected chi connectivity index (χ2v) is 10.6. The average Bonchev–Trinajstić information content (AvgIpc) is 2.95. The number of pyridine rings is 1. The molecule has 2 amide bonds. The number of allylic oxidation sites excluding steroid dienone is 2. The Balaban J connectivity index is 1.92. The molecule has 0 saturated carbocycles. The van der Waals surface area contributed by atoms with Crippen molar-refractivity contribution < 1.29 is 19.4 Å². The molecule has 8 nitrogen and oxygen atoms in total. The molecular weight excluding hydrogens is 504 g/mol. The Hall–Kier alpha value is -3.49. The maximum absolute atomic E-state index is 13.6. The molecule has 0 spiro atoms. The van der Waals surface area contributed by atoms with E-state index in [9.17, 15) is 14.7 Å². The second kappa shape index (κ2) is 14.8. The first-order valence-corrected chi connectivity index (χ1v) is 14.1. The highest BCUT2D eigenvalue weighted by atomic mass is 16.5. The Kier molecular flexibility index (Phi) is 11.5. The minimum Gasteiger partial charge on any atom is -0.497 e. The highest BCUT2D eigenvalue weighted by Crippen LogP contribution is 2.44. The number of carbonyl (C=O) groups is 2. The van der Waals surface area contributed by atoms with Gasteiger partial charge < -0.3 is 25.8 Å².